The van der Waals surface area contributed by atoms with Gasteiger partial charge in [-0.15, -0.1) is 11.3 Å². The van der Waals surface area contributed by atoms with Crippen molar-refractivity contribution in [2.24, 2.45) is 0 Å². The molecule has 6 nitrogen and oxygen atoms in total. The molecule has 210 valence electrons. The third-order valence-electron chi connectivity index (χ3n) is 7.58. The van der Waals surface area contributed by atoms with Gasteiger partial charge in [-0.2, -0.15) is 0 Å². The lowest BCUT2D eigenvalue weighted by Gasteiger charge is -2.37. The van der Waals surface area contributed by atoms with E-state index in [9.17, 15) is 13.6 Å². The molecule has 2 heterocycles. The first-order valence-corrected chi connectivity index (χ1v) is 14.3. The lowest BCUT2D eigenvalue weighted by Crippen LogP contribution is -2.44. The molecule has 2 aromatic carbocycles. The normalized spacial score (nSPS) is 17.1. The van der Waals surface area contributed by atoms with Crippen LogP contribution < -0.4 is 14.8 Å². The summed E-state index contributed by atoms with van der Waals surface area (Å²) in [6, 6.07) is 11.9. The molecule has 1 aliphatic carbocycles. The molecule has 0 radical (unpaired) electrons. The van der Waals surface area contributed by atoms with Crippen molar-refractivity contribution in [1.82, 2.24) is 15.2 Å². The molecule has 40 heavy (non-hydrogen) atoms. The summed E-state index contributed by atoms with van der Waals surface area (Å²) in [5.74, 6) is -0.518. The van der Waals surface area contributed by atoms with Crippen molar-refractivity contribution in [1.29, 1.82) is 0 Å². The number of aromatic nitrogens is 1. The molecule has 0 aliphatic heterocycles. The number of methoxy groups -OCH3 is 2. The average molecular weight is 586 g/mol. The third kappa shape index (κ3) is 5.38. The Labute approximate surface area is 240 Å². The molecule has 0 atom stereocenters. The predicted octanol–water partition coefficient (Wildman–Crippen LogP) is 7.09. The van der Waals surface area contributed by atoms with Gasteiger partial charge in [-0.1, -0.05) is 17.7 Å². The number of nitrogens with zero attached hydrogens (tertiary/aromatic N) is 2. The van der Waals surface area contributed by atoms with Crippen molar-refractivity contribution in [3.05, 3.63) is 75.8 Å². The molecule has 0 bridgehead atoms. The Bertz CT molecular complexity index is 1540. The summed E-state index contributed by atoms with van der Waals surface area (Å²) in [4.78, 5) is 20.4. The van der Waals surface area contributed by atoms with Gasteiger partial charge in [0.25, 0.3) is 5.91 Å². The van der Waals surface area contributed by atoms with E-state index in [1.165, 1.54) is 0 Å². The molecule has 10 heteroatoms. The van der Waals surface area contributed by atoms with Crippen LogP contribution in [0.3, 0.4) is 0 Å². The van der Waals surface area contributed by atoms with Crippen molar-refractivity contribution >= 4 is 38.9 Å². The molecule has 0 unspecified atom stereocenters. The molecule has 1 amide bonds. The number of nitrogens with one attached hydrogen (secondary N) is 1. The number of rotatable bonds is 8. The minimum Gasteiger partial charge on any atom is -0.496 e. The lowest BCUT2D eigenvalue weighted by atomic mass is 9.89. The number of fused-ring (bicyclic) bond motifs is 1. The van der Waals surface area contributed by atoms with Crippen LogP contribution in [0, 0.1) is 11.6 Å². The summed E-state index contributed by atoms with van der Waals surface area (Å²) in [6.07, 6.45) is 5.02. The van der Waals surface area contributed by atoms with E-state index in [0.717, 1.165) is 65.8 Å². The number of benzene rings is 2. The highest BCUT2D eigenvalue weighted by atomic mass is 35.5. The Kier molecular flexibility index (Phi) is 8.54. The van der Waals surface area contributed by atoms with Crippen molar-refractivity contribution in [2.45, 2.75) is 44.3 Å². The highest BCUT2D eigenvalue weighted by Crippen LogP contribution is 2.41. The van der Waals surface area contributed by atoms with E-state index in [4.69, 9.17) is 21.1 Å². The monoisotopic (exact) mass is 585 g/mol. The minimum atomic E-state index is -0.655. The van der Waals surface area contributed by atoms with Crippen LogP contribution >= 0.6 is 22.9 Å². The van der Waals surface area contributed by atoms with Gasteiger partial charge in [0, 0.05) is 36.0 Å². The fourth-order valence-corrected chi connectivity index (χ4v) is 6.94. The molecular weight excluding hydrogens is 556 g/mol. The van der Waals surface area contributed by atoms with Crippen LogP contribution in [0.15, 0.2) is 48.7 Å². The molecule has 4 aromatic rings. The van der Waals surface area contributed by atoms with Crippen LogP contribution in [0.2, 0.25) is 5.02 Å². The maximum Gasteiger partial charge on any atom is 0.266 e. The van der Waals surface area contributed by atoms with E-state index in [2.05, 4.69) is 10.3 Å². The SMILES string of the molecule is CNC1CCC(N(Cc2cc(-c3cccnc3OC)ccc2OC)C(=O)c2sc3c(F)ccc(F)c3c2Cl)CC1. The second-order valence-electron chi connectivity index (χ2n) is 9.79. The van der Waals surface area contributed by atoms with Crippen LogP contribution in [-0.2, 0) is 6.54 Å². The van der Waals surface area contributed by atoms with Crippen LogP contribution in [0.4, 0.5) is 8.78 Å². The standard InChI is InChI=1S/C30H30ClF2N3O3S/c1-34-19-7-9-20(10-8-19)36(30(37)28-26(31)25-22(32)11-12-23(33)27(25)40-28)16-18-15-17(6-13-24(18)38-2)21-5-4-14-35-29(21)39-3/h4-6,11-15,19-20,34H,7-10,16H2,1-3H3. The summed E-state index contributed by atoms with van der Waals surface area (Å²) < 4.78 is 40.4. The van der Waals surface area contributed by atoms with E-state index in [0.29, 0.717) is 17.7 Å². The van der Waals surface area contributed by atoms with Crippen molar-refractivity contribution in [3.8, 4) is 22.8 Å². The Morgan fingerprint density at radius 1 is 1.10 bits per heavy atom. The van der Waals surface area contributed by atoms with Gasteiger partial charge in [0.15, 0.2) is 0 Å². The van der Waals surface area contributed by atoms with E-state index < -0.39 is 11.6 Å². The first-order chi connectivity index (χ1) is 19.4. The van der Waals surface area contributed by atoms with Gasteiger partial charge in [0.1, 0.15) is 22.3 Å². The summed E-state index contributed by atoms with van der Waals surface area (Å²) in [7, 11) is 5.09. The first kappa shape index (κ1) is 28.3. The topological polar surface area (TPSA) is 63.7 Å². The first-order valence-electron chi connectivity index (χ1n) is 13.1. The average Bonchev–Trinajstić information content (AvgIpc) is 3.35. The van der Waals surface area contributed by atoms with Crippen LogP contribution in [-0.4, -0.2) is 49.1 Å². The molecule has 1 fully saturated rings. The maximum absolute atomic E-state index is 14.6. The van der Waals surface area contributed by atoms with Gasteiger partial charge < -0.3 is 19.7 Å². The predicted molar refractivity (Wildman–Crippen MR) is 155 cm³/mol. The molecule has 1 N–H and O–H groups in total. The Morgan fingerprint density at radius 3 is 2.52 bits per heavy atom. The number of hydrogen-bond acceptors (Lipinski definition) is 6. The van der Waals surface area contributed by atoms with Gasteiger partial charge in [0.2, 0.25) is 5.88 Å². The van der Waals surface area contributed by atoms with Gasteiger partial charge in [-0.05, 0) is 74.7 Å². The maximum atomic E-state index is 14.6. The van der Waals surface area contributed by atoms with E-state index in [-0.39, 0.29) is 38.5 Å². The lowest BCUT2D eigenvalue weighted by molar-refractivity contribution is 0.0604. The van der Waals surface area contributed by atoms with Gasteiger partial charge in [0.05, 0.1) is 29.3 Å². The highest BCUT2D eigenvalue weighted by Gasteiger charge is 2.33. The van der Waals surface area contributed by atoms with E-state index in [1.54, 1.807) is 25.3 Å². The van der Waals surface area contributed by atoms with Crippen molar-refractivity contribution in [2.75, 3.05) is 21.3 Å². The molecule has 1 aliphatic rings. The zero-order valence-corrected chi connectivity index (χ0v) is 24.0. The van der Waals surface area contributed by atoms with Crippen molar-refractivity contribution in [3.63, 3.8) is 0 Å². The molecule has 0 spiro atoms. The fraction of sp³-hybridized carbons (Fsp3) is 0.333. The highest BCUT2D eigenvalue weighted by molar-refractivity contribution is 7.21. The second kappa shape index (κ2) is 12.1. The molecule has 1 saturated carbocycles. The van der Waals surface area contributed by atoms with Gasteiger partial charge in [-0.3, -0.25) is 4.79 Å². The van der Waals surface area contributed by atoms with Gasteiger partial charge in [-0.25, -0.2) is 13.8 Å². The molecule has 0 saturated heterocycles. The summed E-state index contributed by atoms with van der Waals surface area (Å²) in [5.41, 5.74) is 2.44. The number of halogens is 3. The summed E-state index contributed by atoms with van der Waals surface area (Å²) in [6.45, 7) is 0.225. The largest absolute Gasteiger partial charge is 0.496 e. The molecular formula is C30H30ClF2N3O3S. The van der Waals surface area contributed by atoms with Gasteiger partial charge >= 0.3 is 0 Å². The smallest absolute Gasteiger partial charge is 0.266 e. The van der Waals surface area contributed by atoms with E-state index in [1.807, 2.05) is 37.4 Å². The third-order valence-corrected chi connectivity index (χ3v) is 9.26. The number of thiophene rings is 1. The zero-order chi connectivity index (χ0) is 28.4. The number of hydrogen-bond donors (Lipinski definition) is 1. The minimum absolute atomic E-state index is 0.0374. The number of carbonyl (C=O) groups is 1. The Morgan fingerprint density at radius 2 is 1.85 bits per heavy atom. The Balaban J connectivity index is 1.57. The fourth-order valence-electron chi connectivity index (χ4n) is 5.44. The number of ether oxygens (including phenoxy) is 2. The van der Waals surface area contributed by atoms with Crippen LogP contribution in [0.5, 0.6) is 11.6 Å². The Hall–Kier alpha value is -3.27. The number of carbonyl (C=O) groups excluding carboxylic acids is 1. The zero-order valence-electron chi connectivity index (χ0n) is 22.5. The molecule has 5 rings (SSSR count). The van der Waals surface area contributed by atoms with Crippen LogP contribution in [0.1, 0.15) is 40.9 Å². The van der Waals surface area contributed by atoms with Crippen molar-refractivity contribution < 1.29 is 23.0 Å². The second-order valence-corrected chi connectivity index (χ2v) is 11.2. The number of amides is 1. The quantitative estimate of drug-likeness (QED) is 0.239. The summed E-state index contributed by atoms with van der Waals surface area (Å²) in [5, 5.41) is 3.21. The number of pyridine rings is 1. The van der Waals surface area contributed by atoms with E-state index >= 15 is 0 Å². The summed E-state index contributed by atoms with van der Waals surface area (Å²) >= 11 is 7.45. The van der Waals surface area contributed by atoms with Crippen LogP contribution in [0.25, 0.3) is 21.2 Å². The molecule has 2 aromatic heterocycles.